The van der Waals surface area contributed by atoms with Gasteiger partial charge in [-0.05, 0) is 11.8 Å². The maximum atomic E-state index is 12.0. The van der Waals surface area contributed by atoms with E-state index in [1.54, 1.807) is 7.11 Å². The van der Waals surface area contributed by atoms with Crippen molar-refractivity contribution in [2.24, 2.45) is 17.8 Å². The maximum Gasteiger partial charge on any atom is 0.223 e. The van der Waals surface area contributed by atoms with Crippen molar-refractivity contribution >= 4 is 5.91 Å². The maximum absolute atomic E-state index is 12.0. The molecule has 0 bridgehead atoms. The first kappa shape index (κ1) is 16.4. The Balaban J connectivity index is 3.76. The highest BCUT2D eigenvalue weighted by Gasteiger charge is 2.24. The quantitative estimate of drug-likeness (QED) is 0.601. The number of hydrogen-bond acceptors (Lipinski definition) is 3. The Morgan fingerprint density at radius 3 is 2.12 bits per heavy atom. The van der Waals surface area contributed by atoms with Crippen LogP contribution in [0.2, 0.25) is 0 Å². The molecule has 0 aliphatic carbocycles. The van der Waals surface area contributed by atoms with E-state index in [0.29, 0.717) is 25.0 Å². The molecule has 0 radical (unpaired) electrons. The normalized spacial score (nSPS) is 11.5. The summed E-state index contributed by atoms with van der Waals surface area (Å²) < 4.78 is 4.92. The lowest BCUT2D eigenvalue weighted by Crippen LogP contribution is -2.40. The fourth-order valence-corrected chi connectivity index (χ4v) is 2.07. The molecule has 0 aromatic carbocycles. The Hall–Kier alpha value is -0.610. The molecule has 0 heterocycles. The molecule has 0 saturated carbocycles. The summed E-state index contributed by atoms with van der Waals surface area (Å²) in [5.41, 5.74) is 0. The topological polar surface area (TPSA) is 50.4 Å². The van der Waals surface area contributed by atoms with Gasteiger partial charge in [-0.3, -0.25) is 4.79 Å². The molecule has 102 valence electrons. The number of methoxy groups -OCH3 is 1. The van der Waals surface area contributed by atoms with Crippen molar-refractivity contribution in [3.05, 3.63) is 0 Å². The van der Waals surface area contributed by atoms with E-state index < -0.39 is 0 Å². The Bertz CT molecular complexity index is 198. The van der Waals surface area contributed by atoms with E-state index in [2.05, 4.69) is 38.3 Å². The van der Waals surface area contributed by atoms with Crippen molar-refractivity contribution in [1.29, 1.82) is 0 Å². The summed E-state index contributed by atoms with van der Waals surface area (Å²) in [6.07, 6.45) is 0. The highest BCUT2D eigenvalue weighted by molar-refractivity contribution is 5.79. The van der Waals surface area contributed by atoms with Gasteiger partial charge in [0.25, 0.3) is 0 Å². The molecule has 0 aliphatic heterocycles. The zero-order valence-corrected chi connectivity index (χ0v) is 11.9. The lowest BCUT2D eigenvalue weighted by atomic mass is 9.85. The summed E-state index contributed by atoms with van der Waals surface area (Å²) >= 11 is 0. The fraction of sp³-hybridized carbons (Fsp3) is 0.923. The molecule has 4 heteroatoms. The lowest BCUT2D eigenvalue weighted by Gasteiger charge is -2.23. The summed E-state index contributed by atoms with van der Waals surface area (Å²) in [5.74, 6) is 1.05. The van der Waals surface area contributed by atoms with Crippen LogP contribution in [0.15, 0.2) is 0 Å². The van der Waals surface area contributed by atoms with Crippen LogP contribution in [0.25, 0.3) is 0 Å². The molecule has 4 nitrogen and oxygen atoms in total. The summed E-state index contributed by atoms with van der Waals surface area (Å²) in [7, 11) is 1.68. The summed E-state index contributed by atoms with van der Waals surface area (Å²) in [6.45, 7) is 11.4. The van der Waals surface area contributed by atoms with Crippen molar-refractivity contribution in [1.82, 2.24) is 10.6 Å². The Morgan fingerprint density at radius 1 is 1.06 bits per heavy atom. The minimum Gasteiger partial charge on any atom is -0.383 e. The number of hydrogen-bond donors (Lipinski definition) is 2. The van der Waals surface area contributed by atoms with Crippen molar-refractivity contribution < 1.29 is 9.53 Å². The second-order valence-electron chi connectivity index (χ2n) is 5.05. The number of nitrogens with one attached hydrogen (secondary N) is 2. The minimum atomic E-state index is 0.106. The zero-order chi connectivity index (χ0) is 13.3. The van der Waals surface area contributed by atoms with Crippen molar-refractivity contribution in [2.45, 2.75) is 27.7 Å². The van der Waals surface area contributed by atoms with E-state index in [4.69, 9.17) is 4.74 Å². The van der Waals surface area contributed by atoms with Crippen molar-refractivity contribution in [2.75, 3.05) is 33.4 Å². The lowest BCUT2D eigenvalue weighted by molar-refractivity contribution is -0.127. The SMILES string of the molecule is COCCNCCNC(=O)C(C(C)C)C(C)C. The Labute approximate surface area is 105 Å². The summed E-state index contributed by atoms with van der Waals surface area (Å²) in [6, 6.07) is 0. The van der Waals surface area contributed by atoms with E-state index in [0.717, 1.165) is 13.1 Å². The monoisotopic (exact) mass is 244 g/mol. The first-order chi connectivity index (χ1) is 8.00. The Morgan fingerprint density at radius 2 is 1.65 bits per heavy atom. The molecule has 0 spiro atoms. The Kier molecular flexibility index (Phi) is 9.09. The highest BCUT2D eigenvalue weighted by atomic mass is 16.5. The summed E-state index contributed by atoms with van der Waals surface area (Å²) in [4.78, 5) is 12.0. The summed E-state index contributed by atoms with van der Waals surface area (Å²) in [5, 5.41) is 6.18. The van der Waals surface area contributed by atoms with Crippen LogP contribution < -0.4 is 10.6 Å². The van der Waals surface area contributed by atoms with Crippen molar-refractivity contribution in [3.63, 3.8) is 0 Å². The average Bonchev–Trinajstić information content (AvgIpc) is 2.22. The van der Waals surface area contributed by atoms with Crippen LogP contribution in [-0.4, -0.2) is 39.3 Å². The standard InChI is InChI=1S/C13H28N2O2/c1-10(2)12(11(3)4)13(16)15-7-6-14-8-9-17-5/h10-12,14H,6-9H2,1-5H3,(H,15,16). The number of amides is 1. The number of rotatable bonds is 9. The smallest absolute Gasteiger partial charge is 0.223 e. The highest BCUT2D eigenvalue weighted by Crippen LogP contribution is 2.20. The van der Waals surface area contributed by atoms with Gasteiger partial charge < -0.3 is 15.4 Å². The van der Waals surface area contributed by atoms with Crippen molar-refractivity contribution in [3.8, 4) is 0 Å². The minimum absolute atomic E-state index is 0.106. The van der Waals surface area contributed by atoms with Crippen LogP contribution in [0.5, 0.6) is 0 Å². The van der Waals surface area contributed by atoms with Gasteiger partial charge in [0.2, 0.25) is 5.91 Å². The number of carbonyl (C=O) groups is 1. The van der Waals surface area contributed by atoms with Gasteiger partial charge in [0.05, 0.1) is 6.61 Å². The van der Waals surface area contributed by atoms with Gasteiger partial charge >= 0.3 is 0 Å². The van der Waals surface area contributed by atoms with E-state index in [9.17, 15) is 4.79 Å². The van der Waals surface area contributed by atoms with Crippen LogP contribution in [0.4, 0.5) is 0 Å². The van der Waals surface area contributed by atoms with E-state index in [1.807, 2.05) is 0 Å². The molecule has 0 aliphatic rings. The van der Waals surface area contributed by atoms with Crippen LogP contribution in [0, 0.1) is 17.8 Å². The molecule has 0 unspecified atom stereocenters. The zero-order valence-electron chi connectivity index (χ0n) is 11.9. The molecule has 0 saturated heterocycles. The molecule has 17 heavy (non-hydrogen) atoms. The van der Waals surface area contributed by atoms with Crippen LogP contribution >= 0.6 is 0 Å². The van der Waals surface area contributed by atoms with E-state index in [1.165, 1.54) is 0 Å². The second kappa shape index (κ2) is 9.42. The molecular formula is C13H28N2O2. The van der Waals surface area contributed by atoms with Gasteiger partial charge in [-0.1, -0.05) is 27.7 Å². The third-order valence-corrected chi connectivity index (χ3v) is 2.82. The van der Waals surface area contributed by atoms with Gasteiger partial charge in [0, 0.05) is 32.7 Å². The van der Waals surface area contributed by atoms with Gasteiger partial charge in [-0.25, -0.2) is 0 Å². The van der Waals surface area contributed by atoms with Crippen LogP contribution in [-0.2, 0) is 9.53 Å². The van der Waals surface area contributed by atoms with E-state index in [-0.39, 0.29) is 11.8 Å². The predicted octanol–water partition coefficient (Wildman–Crippen LogP) is 1.27. The molecule has 2 N–H and O–H groups in total. The molecular weight excluding hydrogens is 216 g/mol. The number of ether oxygens (including phenoxy) is 1. The molecule has 0 rings (SSSR count). The fourth-order valence-electron chi connectivity index (χ4n) is 2.07. The molecule has 0 atom stereocenters. The molecule has 0 aromatic heterocycles. The number of carbonyl (C=O) groups excluding carboxylic acids is 1. The largest absolute Gasteiger partial charge is 0.383 e. The second-order valence-corrected chi connectivity index (χ2v) is 5.05. The van der Waals surface area contributed by atoms with Gasteiger partial charge in [-0.15, -0.1) is 0 Å². The van der Waals surface area contributed by atoms with Crippen LogP contribution in [0.1, 0.15) is 27.7 Å². The first-order valence-corrected chi connectivity index (χ1v) is 6.48. The predicted molar refractivity (Wildman–Crippen MR) is 70.9 cm³/mol. The molecule has 0 fully saturated rings. The van der Waals surface area contributed by atoms with Gasteiger partial charge in [-0.2, -0.15) is 0 Å². The van der Waals surface area contributed by atoms with Gasteiger partial charge in [0.15, 0.2) is 0 Å². The first-order valence-electron chi connectivity index (χ1n) is 6.48. The average molecular weight is 244 g/mol. The van der Waals surface area contributed by atoms with Crippen LogP contribution in [0.3, 0.4) is 0 Å². The van der Waals surface area contributed by atoms with E-state index >= 15 is 0 Å². The third-order valence-electron chi connectivity index (χ3n) is 2.82. The third kappa shape index (κ3) is 7.34. The molecule has 1 amide bonds. The van der Waals surface area contributed by atoms with Gasteiger partial charge in [0.1, 0.15) is 0 Å². The molecule has 0 aromatic rings.